The molecule has 5 nitrogen and oxygen atoms in total. The fourth-order valence-electron chi connectivity index (χ4n) is 1.76. The highest BCUT2D eigenvalue weighted by molar-refractivity contribution is 9.10. The number of halogens is 2. The molecule has 0 aliphatic carbocycles. The first kappa shape index (κ1) is 14.8. The van der Waals surface area contributed by atoms with Crippen molar-refractivity contribution in [3.8, 4) is 6.07 Å². The molecule has 0 aliphatic heterocycles. The minimum Gasteiger partial charge on any atom is -0.398 e. The molecule has 2 aromatic rings. The van der Waals surface area contributed by atoms with Crippen molar-refractivity contribution in [2.75, 3.05) is 11.1 Å². The van der Waals surface area contributed by atoms with E-state index in [1.807, 2.05) is 6.07 Å². The van der Waals surface area contributed by atoms with Gasteiger partial charge in [-0.15, -0.1) is 0 Å². The lowest BCUT2D eigenvalue weighted by molar-refractivity contribution is 0.100. The highest BCUT2D eigenvalue weighted by atomic mass is 79.9. The van der Waals surface area contributed by atoms with Crippen LogP contribution in [-0.4, -0.2) is 5.91 Å². The number of carbonyl (C=O) groups excluding carboxylic acids is 1. The fraction of sp³-hybridized carbons (Fsp3) is 0. The molecule has 106 valence electrons. The second-order valence-corrected chi connectivity index (χ2v) is 5.13. The van der Waals surface area contributed by atoms with Crippen LogP contribution in [-0.2, 0) is 0 Å². The van der Waals surface area contributed by atoms with Crippen LogP contribution in [0.2, 0.25) is 0 Å². The summed E-state index contributed by atoms with van der Waals surface area (Å²) in [6.07, 6.45) is 0. The lowest BCUT2D eigenvalue weighted by Gasteiger charge is -2.12. The first-order valence-corrected chi connectivity index (χ1v) is 6.57. The highest BCUT2D eigenvalue weighted by Gasteiger charge is 2.13. The maximum Gasteiger partial charge on any atom is 0.250 e. The molecule has 2 rings (SSSR count). The van der Waals surface area contributed by atoms with Crippen LogP contribution in [0.4, 0.5) is 21.5 Å². The van der Waals surface area contributed by atoms with E-state index in [1.165, 1.54) is 6.07 Å². The Hall–Kier alpha value is -2.59. The molecule has 0 atom stereocenters. The molecule has 0 fully saturated rings. The Morgan fingerprint density at radius 1 is 1.29 bits per heavy atom. The Labute approximate surface area is 128 Å². The van der Waals surface area contributed by atoms with Crippen LogP contribution in [0.3, 0.4) is 0 Å². The molecule has 0 saturated carbocycles. The topological polar surface area (TPSA) is 105 Å². The molecular formula is C14H10BrFN4O. The summed E-state index contributed by atoms with van der Waals surface area (Å²) in [7, 11) is 0. The molecule has 5 N–H and O–H groups in total. The van der Waals surface area contributed by atoms with Crippen molar-refractivity contribution in [3.63, 3.8) is 0 Å². The summed E-state index contributed by atoms with van der Waals surface area (Å²) in [6.45, 7) is 0. The third kappa shape index (κ3) is 3.12. The lowest BCUT2D eigenvalue weighted by Crippen LogP contribution is -2.14. The molecule has 0 aliphatic rings. The van der Waals surface area contributed by atoms with Crippen LogP contribution >= 0.6 is 15.9 Å². The van der Waals surface area contributed by atoms with Gasteiger partial charge in [-0.3, -0.25) is 4.79 Å². The Morgan fingerprint density at radius 2 is 2.00 bits per heavy atom. The van der Waals surface area contributed by atoms with E-state index < -0.39 is 11.7 Å². The molecule has 0 spiro atoms. The number of nitriles is 1. The minimum absolute atomic E-state index is 0.00881. The quantitative estimate of drug-likeness (QED) is 0.741. The number of nitrogens with two attached hydrogens (primary N) is 2. The SMILES string of the molecule is N#Cc1cc(Br)ccc1Nc1cc(C(N)=O)c(N)cc1F. The number of benzene rings is 2. The Bertz CT molecular complexity index is 770. The number of anilines is 3. The van der Waals surface area contributed by atoms with Crippen LogP contribution < -0.4 is 16.8 Å². The van der Waals surface area contributed by atoms with E-state index in [2.05, 4.69) is 21.2 Å². The van der Waals surface area contributed by atoms with Crippen molar-refractivity contribution in [3.05, 3.63) is 51.7 Å². The second-order valence-electron chi connectivity index (χ2n) is 4.21. The lowest BCUT2D eigenvalue weighted by atomic mass is 10.1. The number of nitrogens with zero attached hydrogens (tertiary/aromatic N) is 1. The average molecular weight is 349 g/mol. The normalized spacial score (nSPS) is 9.95. The van der Waals surface area contributed by atoms with Gasteiger partial charge < -0.3 is 16.8 Å². The minimum atomic E-state index is -0.758. The molecule has 0 saturated heterocycles. The molecule has 0 unspecified atom stereocenters. The van der Waals surface area contributed by atoms with Gasteiger partial charge in [-0.2, -0.15) is 5.26 Å². The summed E-state index contributed by atoms with van der Waals surface area (Å²) in [6, 6.07) is 9.12. The first-order valence-electron chi connectivity index (χ1n) is 5.78. The summed E-state index contributed by atoms with van der Waals surface area (Å²) in [4.78, 5) is 11.2. The predicted molar refractivity (Wildman–Crippen MR) is 81.5 cm³/mol. The molecule has 0 bridgehead atoms. The van der Waals surface area contributed by atoms with Crippen LogP contribution in [0.5, 0.6) is 0 Å². The predicted octanol–water partition coefficient (Wildman–Crippen LogP) is 2.88. The van der Waals surface area contributed by atoms with Crippen molar-refractivity contribution < 1.29 is 9.18 Å². The number of nitrogen functional groups attached to an aromatic ring is 1. The third-order valence-corrected chi connectivity index (χ3v) is 3.27. The maximum atomic E-state index is 13.9. The Balaban J connectivity index is 2.47. The monoisotopic (exact) mass is 348 g/mol. The zero-order valence-corrected chi connectivity index (χ0v) is 12.2. The third-order valence-electron chi connectivity index (χ3n) is 2.78. The number of hydrogen-bond donors (Lipinski definition) is 3. The standard InChI is InChI=1S/C14H10BrFN4O/c15-8-1-2-12(7(3-8)6-17)20-13-4-9(14(19)21)11(18)5-10(13)16/h1-5,20H,18H2,(H2,19,21). The Morgan fingerprint density at radius 3 is 2.62 bits per heavy atom. The van der Waals surface area contributed by atoms with E-state index in [4.69, 9.17) is 16.7 Å². The first-order chi connectivity index (χ1) is 9.92. The van der Waals surface area contributed by atoms with Gasteiger partial charge in [0.2, 0.25) is 0 Å². The van der Waals surface area contributed by atoms with Crippen LogP contribution in [0.1, 0.15) is 15.9 Å². The summed E-state index contributed by atoms with van der Waals surface area (Å²) in [5, 5.41) is 11.8. The van der Waals surface area contributed by atoms with Gasteiger partial charge in [0.25, 0.3) is 5.91 Å². The second kappa shape index (κ2) is 5.81. The zero-order chi connectivity index (χ0) is 15.6. The van der Waals surface area contributed by atoms with Gasteiger partial charge in [0.05, 0.1) is 22.5 Å². The van der Waals surface area contributed by atoms with Gasteiger partial charge in [0.15, 0.2) is 0 Å². The van der Waals surface area contributed by atoms with Crippen molar-refractivity contribution in [2.24, 2.45) is 5.73 Å². The van der Waals surface area contributed by atoms with Crippen LogP contribution in [0.25, 0.3) is 0 Å². The summed E-state index contributed by atoms with van der Waals surface area (Å²) in [5.41, 5.74) is 11.4. The van der Waals surface area contributed by atoms with E-state index in [9.17, 15) is 9.18 Å². The number of rotatable bonds is 3. The van der Waals surface area contributed by atoms with Crippen molar-refractivity contribution >= 4 is 38.9 Å². The van der Waals surface area contributed by atoms with Crippen molar-refractivity contribution in [2.45, 2.75) is 0 Å². The van der Waals surface area contributed by atoms with E-state index in [1.54, 1.807) is 18.2 Å². The van der Waals surface area contributed by atoms with E-state index >= 15 is 0 Å². The highest BCUT2D eigenvalue weighted by Crippen LogP contribution is 2.28. The number of amides is 1. The van der Waals surface area contributed by atoms with Gasteiger partial charge in [0.1, 0.15) is 11.9 Å². The zero-order valence-electron chi connectivity index (χ0n) is 10.7. The molecular weight excluding hydrogens is 339 g/mol. The largest absolute Gasteiger partial charge is 0.398 e. The number of hydrogen-bond acceptors (Lipinski definition) is 4. The molecule has 7 heteroatoms. The van der Waals surface area contributed by atoms with Crippen molar-refractivity contribution in [1.29, 1.82) is 5.26 Å². The Kier molecular flexibility index (Phi) is 4.10. The molecule has 0 aromatic heterocycles. The molecule has 21 heavy (non-hydrogen) atoms. The van der Waals surface area contributed by atoms with E-state index in [-0.39, 0.29) is 16.9 Å². The van der Waals surface area contributed by atoms with Crippen molar-refractivity contribution in [1.82, 2.24) is 0 Å². The molecule has 1 amide bonds. The fourth-order valence-corrected chi connectivity index (χ4v) is 2.12. The number of primary amides is 1. The average Bonchev–Trinajstić information content (AvgIpc) is 2.42. The summed E-state index contributed by atoms with van der Waals surface area (Å²) in [5.74, 6) is -1.41. The van der Waals surface area contributed by atoms with Gasteiger partial charge >= 0.3 is 0 Å². The number of carbonyl (C=O) groups is 1. The number of nitrogens with one attached hydrogen (secondary N) is 1. The van der Waals surface area contributed by atoms with Gasteiger partial charge in [-0.05, 0) is 30.3 Å². The van der Waals surface area contributed by atoms with E-state index in [0.717, 1.165) is 10.5 Å². The van der Waals surface area contributed by atoms with Gasteiger partial charge in [-0.1, -0.05) is 15.9 Å². The summed E-state index contributed by atoms with van der Waals surface area (Å²) < 4.78 is 14.6. The maximum absolute atomic E-state index is 13.9. The smallest absolute Gasteiger partial charge is 0.250 e. The molecule has 2 aromatic carbocycles. The van der Waals surface area contributed by atoms with Crippen LogP contribution in [0, 0.1) is 17.1 Å². The summed E-state index contributed by atoms with van der Waals surface area (Å²) >= 11 is 3.25. The van der Waals surface area contributed by atoms with Gasteiger partial charge in [0, 0.05) is 10.2 Å². The molecule has 0 radical (unpaired) electrons. The molecule has 0 heterocycles. The van der Waals surface area contributed by atoms with E-state index in [0.29, 0.717) is 11.3 Å². The van der Waals surface area contributed by atoms with Gasteiger partial charge in [-0.25, -0.2) is 4.39 Å². The van der Waals surface area contributed by atoms with Crippen LogP contribution in [0.15, 0.2) is 34.8 Å².